The molecule has 0 unspecified atom stereocenters. The Bertz CT molecular complexity index is 464. The van der Waals surface area contributed by atoms with E-state index in [0.717, 1.165) is 26.1 Å². The van der Waals surface area contributed by atoms with E-state index in [1.165, 1.54) is 0 Å². The normalized spacial score (nSPS) is 11.1. The van der Waals surface area contributed by atoms with Gasteiger partial charge in [-0.05, 0) is 34.0 Å². The molecule has 1 aromatic heterocycles. The van der Waals surface area contributed by atoms with Crippen molar-refractivity contribution < 1.29 is 5.11 Å². The minimum atomic E-state index is 0.0427. The van der Waals surface area contributed by atoms with Crippen molar-refractivity contribution >= 4 is 45.7 Å². The highest BCUT2D eigenvalue weighted by atomic mass is 35.5. The molecule has 0 atom stereocenters. The highest BCUT2D eigenvalue weighted by molar-refractivity contribution is 7.80. The summed E-state index contributed by atoms with van der Waals surface area (Å²) in [4.78, 5) is 0.910. The summed E-state index contributed by atoms with van der Waals surface area (Å²) in [6.07, 6.45) is 0. The summed E-state index contributed by atoms with van der Waals surface area (Å²) >= 11 is 11.8. The Balaban J connectivity index is 2.73. The van der Waals surface area contributed by atoms with E-state index in [1.54, 1.807) is 11.3 Å². The number of aliphatic hydroxyl groups is 1. The third-order valence-corrected chi connectivity index (χ3v) is 3.99. The predicted octanol–water partition coefficient (Wildman–Crippen LogP) is 3.42. The first-order chi connectivity index (χ1) is 6.76. The molecule has 0 radical (unpaired) electrons. The number of benzene rings is 1. The predicted molar refractivity (Wildman–Crippen MR) is 64.6 cm³/mol. The van der Waals surface area contributed by atoms with E-state index < -0.39 is 0 Å². The molecule has 1 heterocycles. The van der Waals surface area contributed by atoms with Gasteiger partial charge >= 0.3 is 0 Å². The molecule has 74 valence electrons. The third kappa shape index (κ3) is 1.65. The molecular formula is C10H9ClOS2. The first kappa shape index (κ1) is 10.3. The maximum atomic E-state index is 9.06. The fourth-order valence-corrected chi connectivity index (χ4v) is 3.15. The van der Waals surface area contributed by atoms with Crippen LogP contribution in [-0.2, 0) is 12.5 Å². The van der Waals surface area contributed by atoms with Gasteiger partial charge in [-0.2, -0.15) is 0 Å². The summed E-state index contributed by atoms with van der Waals surface area (Å²) in [5.74, 6) is 0.502. The molecule has 1 nitrogen and oxygen atoms in total. The fourth-order valence-electron chi connectivity index (χ4n) is 1.42. The molecule has 0 aliphatic rings. The van der Waals surface area contributed by atoms with Gasteiger partial charge in [-0.3, -0.25) is 0 Å². The van der Waals surface area contributed by atoms with E-state index in [9.17, 15) is 0 Å². The van der Waals surface area contributed by atoms with Gasteiger partial charge in [-0.1, -0.05) is 0 Å². The van der Waals surface area contributed by atoms with Gasteiger partial charge in [0.2, 0.25) is 0 Å². The van der Waals surface area contributed by atoms with Crippen LogP contribution < -0.4 is 0 Å². The van der Waals surface area contributed by atoms with Crippen LogP contribution in [0.4, 0.5) is 0 Å². The molecule has 14 heavy (non-hydrogen) atoms. The van der Waals surface area contributed by atoms with Gasteiger partial charge in [0.15, 0.2) is 0 Å². The maximum Gasteiger partial charge on any atom is 0.0682 e. The number of fused-ring (bicyclic) bond motifs is 1. The number of hydrogen-bond donors (Lipinski definition) is 2. The number of halogens is 1. The number of hydrogen-bond acceptors (Lipinski definition) is 3. The molecule has 2 rings (SSSR count). The lowest BCUT2D eigenvalue weighted by Crippen LogP contribution is -1.84. The summed E-state index contributed by atoms with van der Waals surface area (Å²) in [6.45, 7) is 0.0427. The summed E-state index contributed by atoms with van der Waals surface area (Å²) in [5, 5.41) is 12.2. The Kier molecular flexibility index (Phi) is 3.02. The van der Waals surface area contributed by atoms with Crippen molar-refractivity contribution in [2.45, 2.75) is 17.4 Å². The molecule has 0 amide bonds. The second-order valence-electron chi connectivity index (χ2n) is 3.04. The van der Waals surface area contributed by atoms with Gasteiger partial charge in [-0.25, -0.2) is 0 Å². The van der Waals surface area contributed by atoms with Crippen molar-refractivity contribution in [2.24, 2.45) is 0 Å². The number of aliphatic hydroxyl groups excluding tert-OH is 1. The second-order valence-corrected chi connectivity index (χ2v) is 4.67. The summed E-state index contributed by atoms with van der Waals surface area (Å²) < 4.78 is 1.14. The van der Waals surface area contributed by atoms with Crippen LogP contribution in [-0.4, -0.2) is 5.11 Å². The molecule has 1 aromatic carbocycles. The Morgan fingerprint density at radius 3 is 2.86 bits per heavy atom. The Labute approximate surface area is 96.7 Å². The van der Waals surface area contributed by atoms with Crippen LogP contribution in [0.1, 0.15) is 11.1 Å². The smallest absolute Gasteiger partial charge is 0.0682 e. The zero-order chi connectivity index (χ0) is 10.1. The lowest BCUT2D eigenvalue weighted by molar-refractivity contribution is 0.282. The number of alkyl halides is 1. The van der Waals surface area contributed by atoms with E-state index >= 15 is 0 Å². The molecule has 0 saturated heterocycles. The van der Waals surface area contributed by atoms with Crippen LogP contribution in [0.5, 0.6) is 0 Å². The zero-order valence-corrected chi connectivity index (χ0v) is 9.79. The number of thiophene rings is 1. The van der Waals surface area contributed by atoms with Crippen LogP contribution in [0.25, 0.3) is 10.1 Å². The van der Waals surface area contributed by atoms with Crippen LogP contribution in [0.15, 0.2) is 22.4 Å². The Morgan fingerprint density at radius 1 is 1.43 bits per heavy atom. The molecule has 0 fully saturated rings. The van der Waals surface area contributed by atoms with E-state index in [0.29, 0.717) is 5.88 Å². The summed E-state index contributed by atoms with van der Waals surface area (Å²) in [6, 6.07) is 3.86. The first-order valence-corrected chi connectivity index (χ1v) is 6.01. The van der Waals surface area contributed by atoms with E-state index in [-0.39, 0.29) is 6.61 Å². The topological polar surface area (TPSA) is 20.2 Å². The van der Waals surface area contributed by atoms with E-state index in [1.807, 2.05) is 17.5 Å². The minimum absolute atomic E-state index is 0.0427. The summed E-state index contributed by atoms with van der Waals surface area (Å²) in [7, 11) is 0. The van der Waals surface area contributed by atoms with Gasteiger partial charge in [0.05, 0.1) is 6.61 Å². The van der Waals surface area contributed by atoms with Crippen molar-refractivity contribution in [1.29, 1.82) is 0 Å². The Morgan fingerprint density at radius 2 is 2.21 bits per heavy atom. The lowest BCUT2D eigenvalue weighted by Gasteiger charge is -2.01. The molecule has 0 aliphatic carbocycles. The van der Waals surface area contributed by atoms with Crippen molar-refractivity contribution in [3.63, 3.8) is 0 Å². The monoisotopic (exact) mass is 244 g/mol. The van der Waals surface area contributed by atoms with Crippen molar-refractivity contribution in [1.82, 2.24) is 0 Å². The van der Waals surface area contributed by atoms with Crippen LogP contribution in [0, 0.1) is 0 Å². The maximum absolute atomic E-state index is 9.06. The second kappa shape index (κ2) is 4.11. The Hall–Kier alpha value is -0.220. The zero-order valence-electron chi connectivity index (χ0n) is 7.33. The standard InChI is InChI=1S/C10H9ClOS2/c11-3-7-5-14-10-8(7)1-6(4-12)2-9(10)13/h1-2,5,12-13H,3-4H2. The van der Waals surface area contributed by atoms with Crippen LogP contribution in [0.2, 0.25) is 0 Å². The molecule has 0 bridgehead atoms. The molecule has 0 aliphatic heterocycles. The van der Waals surface area contributed by atoms with E-state index in [2.05, 4.69) is 12.6 Å². The van der Waals surface area contributed by atoms with Gasteiger partial charge in [0, 0.05) is 15.5 Å². The molecule has 0 spiro atoms. The van der Waals surface area contributed by atoms with Gasteiger partial charge in [-0.15, -0.1) is 35.6 Å². The lowest BCUT2D eigenvalue weighted by atomic mass is 10.1. The highest BCUT2D eigenvalue weighted by Gasteiger charge is 2.07. The van der Waals surface area contributed by atoms with Crippen molar-refractivity contribution in [3.8, 4) is 0 Å². The van der Waals surface area contributed by atoms with Crippen LogP contribution >= 0.6 is 35.6 Å². The van der Waals surface area contributed by atoms with E-state index in [4.69, 9.17) is 16.7 Å². The van der Waals surface area contributed by atoms with Gasteiger partial charge in [0.1, 0.15) is 0 Å². The SMILES string of the molecule is OCc1cc(S)c2scc(CCl)c2c1. The first-order valence-electron chi connectivity index (χ1n) is 4.15. The van der Waals surface area contributed by atoms with Crippen molar-refractivity contribution in [2.75, 3.05) is 0 Å². The quantitative estimate of drug-likeness (QED) is 0.613. The highest BCUT2D eigenvalue weighted by Crippen LogP contribution is 2.33. The van der Waals surface area contributed by atoms with Gasteiger partial charge in [0.25, 0.3) is 0 Å². The number of rotatable bonds is 2. The fraction of sp³-hybridized carbons (Fsp3) is 0.200. The summed E-state index contributed by atoms with van der Waals surface area (Å²) in [5.41, 5.74) is 1.99. The molecule has 0 saturated carbocycles. The average molecular weight is 245 g/mol. The van der Waals surface area contributed by atoms with Gasteiger partial charge < -0.3 is 5.11 Å². The average Bonchev–Trinajstić information content (AvgIpc) is 2.61. The molecule has 4 heteroatoms. The minimum Gasteiger partial charge on any atom is -0.392 e. The van der Waals surface area contributed by atoms with Crippen LogP contribution in [0.3, 0.4) is 0 Å². The largest absolute Gasteiger partial charge is 0.392 e. The molecule has 2 aromatic rings. The van der Waals surface area contributed by atoms with Crippen molar-refractivity contribution in [3.05, 3.63) is 28.6 Å². The number of thiol groups is 1. The third-order valence-electron chi connectivity index (χ3n) is 2.12. The molecule has 1 N–H and O–H groups in total. The molecular weight excluding hydrogens is 236 g/mol.